The molecule has 0 atom stereocenters. The van der Waals surface area contributed by atoms with Crippen molar-refractivity contribution < 1.29 is 9.18 Å². The van der Waals surface area contributed by atoms with Crippen molar-refractivity contribution in [2.24, 2.45) is 7.05 Å². The Labute approximate surface area is 149 Å². The molecule has 2 aromatic heterocycles. The molecule has 1 N–H and O–H groups in total. The van der Waals surface area contributed by atoms with Crippen molar-refractivity contribution in [2.75, 3.05) is 5.75 Å². The second-order valence-corrected chi connectivity index (χ2v) is 6.52. The van der Waals surface area contributed by atoms with E-state index in [-0.39, 0.29) is 17.5 Å². The van der Waals surface area contributed by atoms with E-state index in [4.69, 9.17) is 0 Å². The third-order valence-electron chi connectivity index (χ3n) is 3.50. The molecular formula is C18H17FN4OS. The van der Waals surface area contributed by atoms with Crippen LogP contribution in [0.2, 0.25) is 0 Å². The molecule has 3 rings (SSSR count). The van der Waals surface area contributed by atoms with Gasteiger partial charge in [-0.15, -0.1) is 11.8 Å². The number of rotatable bonds is 6. The SMILES string of the molecule is Cn1cc(-c2cc(CNC(=O)CSc3ccc(F)cc3)ccn2)cn1. The average molecular weight is 356 g/mol. The molecule has 0 fully saturated rings. The van der Waals surface area contributed by atoms with Gasteiger partial charge in [-0.1, -0.05) is 0 Å². The molecule has 0 saturated carbocycles. The number of nitrogens with zero attached hydrogens (tertiary/aromatic N) is 3. The average Bonchev–Trinajstić information content (AvgIpc) is 3.06. The van der Waals surface area contributed by atoms with E-state index in [0.717, 1.165) is 21.7 Å². The van der Waals surface area contributed by atoms with E-state index in [1.807, 2.05) is 25.4 Å². The lowest BCUT2D eigenvalue weighted by molar-refractivity contribution is -0.118. The predicted molar refractivity (Wildman–Crippen MR) is 95.4 cm³/mol. The van der Waals surface area contributed by atoms with Crippen molar-refractivity contribution in [1.29, 1.82) is 0 Å². The number of nitrogens with one attached hydrogen (secondary N) is 1. The maximum absolute atomic E-state index is 12.9. The monoisotopic (exact) mass is 356 g/mol. The molecule has 0 bridgehead atoms. The molecule has 0 aliphatic carbocycles. The maximum Gasteiger partial charge on any atom is 0.230 e. The molecule has 128 valence electrons. The highest BCUT2D eigenvalue weighted by atomic mass is 32.2. The van der Waals surface area contributed by atoms with Crippen LogP contribution in [0.4, 0.5) is 4.39 Å². The highest BCUT2D eigenvalue weighted by Gasteiger charge is 2.06. The Morgan fingerprint density at radius 1 is 1.28 bits per heavy atom. The van der Waals surface area contributed by atoms with E-state index < -0.39 is 0 Å². The molecule has 25 heavy (non-hydrogen) atoms. The van der Waals surface area contributed by atoms with E-state index in [1.54, 1.807) is 29.2 Å². The first-order valence-corrected chi connectivity index (χ1v) is 8.68. The lowest BCUT2D eigenvalue weighted by Crippen LogP contribution is -2.24. The molecular weight excluding hydrogens is 339 g/mol. The van der Waals surface area contributed by atoms with Crippen LogP contribution in [-0.2, 0) is 18.4 Å². The molecule has 0 spiro atoms. The van der Waals surface area contributed by atoms with Crippen molar-refractivity contribution in [1.82, 2.24) is 20.1 Å². The normalized spacial score (nSPS) is 10.6. The third-order valence-corrected chi connectivity index (χ3v) is 4.51. The van der Waals surface area contributed by atoms with Crippen molar-refractivity contribution in [3.63, 3.8) is 0 Å². The van der Waals surface area contributed by atoms with Gasteiger partial charge in [0.2, 0.25) is 5.91 Å². The van der Waals surface area contributed by atoms with Gasteiger partial charge in [-0.05, 0) is 42.0 Å². The summed E-state index contributed by atoms with van der Waals surface area (Å²) in [4.78, 5) is 17.2. The first kappa shape index (κ1) is 17.2. The van der Waals surface area contributed by atoms with Crippen LogP contribution >= 0.6 is 11.8 Å². The number of carbonyl (C=O) groups is 1. The summed E-state index contributed by atoms with van der Waals surface area (Å²) in [6.45, 7) is 0.429. The second kappa shape index (κ2) is 7.94. The van der Waals surface area contributed by atoms with Crippen LogP contribution in [0.5, 0.6) is 0 Å². The number of pyridine rings is 1. The number of hydrogen-bond acceptors (Lipinski definition) is 4. The molecule has 0 aliphatic rings. The molecule has 0 radical (unpaired) electrons. The molecule has 2 heterocycles. The van der Waals surface area contributed by atoms with Gasteiger partial charge in [0, 0.05) is 36.4 Å². The smallest absolute Gasteiger partial charge is 0.230 e. The molecule has 1 amide bonds. The van der Waals surface area contributed by atoms with Gasteiger partial charge < -0.3 is 5.32 Å². The van der Waals surface area contributed by atoms with Crippen LogP contribution < -0.4 is 5.32 Å². The summed E-state index contributed by atoms with van der Waals surface area (Å²) >= 11 is 1.37. The predicted octanol–water partition coefficient (Wildman–Crippen LogP) is 3.03. The lowest BCUT2D eigenvalue weighted by Gasteiger charge is -2.06. The number of thioether (sulfide) groups is 1. The summed E-state index contributed by atoms with van der Waals surface area (Å²) in [7, 11) is 1.85. The number of hydrogen-bond donors (Lipinski definition) is 1. The van der Waals surface area contributed by atoms with E-state index >= 15 is 0 Å². The van der Waals surface area contributed by atoms with Crippen LogP contribution in [0, 0.1) is 5.82 Å². The van der Waals surface area contributed by atoms with Gasteiger partial charge in [-0.3, -0.25) is 14.5 Å². The van der Waals surface area contributed by atoms with Crippen LogP contribution in [0.1, 0.15) is 5.56 Å². The number of aryl methyl sites for hydroxylation is 1. The summed E-state index contributed by atoms with van der Waals surface area (Å²) in [5.41, 5.74) is 2.72. The topological polar surface area (TPSA) is 59.8 Å². The zero-order chi connectivity index (χ0) is 17.6. The Bertz CT molecular complexity index is 864. The minimum atomic E-state index is -0.282. The van der Waals surface area contributed by atoms with Crippen LogP contribution in [-0.4, -0.2) is 26.4 Å². The molecule has 1 aromatic carbocycles. The van der Waals surface area contributed by atoms with E-state index in [2.05, 4.69) is 15.4 Å². The highest BCUT2D eigenvalue weighted by molar-refractivity contribution is 8.00. The van der Waals surface area contributed by atoms with E-state index in [9.17, 15) is 9.18 Å². The Morgan fingerprint density at radius 2 is 2.08 bits per heavy atom. The van der Waals surface area contributed by atoms with Gasteiger partial charge >= 0.3 is 0 Å². The molecule has 5 nitrogen and oxygen atoms in total. The second-order valence-electron chi connectivity index (χ2n) is 5.47. The molecule has 3 aromatic rings. The van der Waals surface area contributed by atoms with Crippen molar-refractivity contribution in [3.8, 4) is 11.3 Å². The Morgan fingerprint density at radius 3 is 2.80 bits per heavy atom. The fourth-order valence-electron chi connectivity index (χ4n) is 2.23. The zero-order valence-electron chi connectivity index (χ0n) is 13.6. The van der Waals surface area contributed by atoms with Crippen molar-refractivity contribution >= 4 is 17.7 Å². The molecule has 0 unspecified atom stereocenters. The number of benzene rings is 1. The fraction of sp³-hybridized carbons (Fsp3) is 0.167. The van der Waals surface area contributed by atoms with Gasteiger partial charge in [0.05, 0.1) is 17.6 Å². The number of amides is 1. The van der Waals surface area contributed by atoms with Crippen molar-refractivity contribution in [2.45, 2.75) is 11.4 Å². The Balaban J connectivity index is 1.52. The maximum atomic E-state index is 12.9. The lowest BCUT2D eigenvalue weighted by atomic mass is 10.1. The largest absolute Gasteiger partial charge is 0.351 e. The van der Waals surface area contributed by atoms with Gasteiger partial charge in [-0.2, -0.15) is 5.10 Å². The molecule has 0 aliphatic heterocycles. The van der Waals surface area contributed by atoms with Crippen molar-refractivity contribution in [3.05, 3.63) is 66.4 Å². The Hall–Kier alpha value is -2.67. The van der Waals surface area contributed by atoms with Crippen LogP contribution in [0.15, 0.2) is 59.9 Å². The summed E-state index contributed by atoms with van der Waals surface area (Å²) in [6, 6.07) is 9.90. The summed E-state index contributed by atoms with van der Waals surface area (Å²) in [5, 5.41) is 7.02. The van der Waals surface area contributed by atoms with Crippen LogP contribution in [0.25, 0.3) is 11.3 Å². The summed E-state index contributed by atoms with van der Waals surface area (Å²) < 4.78 is 14.6. The minimum absolute atomic E-state index is 0.0749. The van der Waals surface area contributed by atoms with E-state index in [1.165, 1.54) is 23.9 Å². The molecule has 7 heteroatoms. The third kappa shape index (κ3) is 4.90. The summed E-state index contributed by atoms with van der Waals surface area (Å²) in [6.07, 6.45) is 5.37. The standard InChI is InChI=1S/C18H17FN4OS/c1-23-11-14(10-22-23)17-8-13(6-7-20-17)9-21-18(24)12-25-16-4-2-15(19)3-5-16/h2-8,10-11H,9,12H2,1H3,(H,21,24). The summed E-state index contributed by atoms with van der Waals surface area (Å²) in [5.74, 6) is -0.0726. The number of carbonyl (C=O) groups excluding carboxylic acids is 1. The number of halogens is 1. The van der Waals surface area contributed by atoms with E-state index in [0.29, 0.717) is 6.54 Å². The van der Waals surface area contributed by atoms with Gasteiger partial charge in [-0.25, -0.2) is 4.39 Å². The zero-order valence-corrected chi connectivity index (χ0v) is 14.5. The highest BCUT2D eigenvalue weighted by Crippen LogP contribution is 2.18. The number of aromatic nitrogens is 3. The first-order chi connectivity index (χ1) is 12.1. The Kier molecular flexibility index (Phi) is 5.45. The van der Waals surface area contributed by atoms with Gasteiger partial charge in [0.15, 0.2) is 0 Å². The fourth-order valence-corrected chi connectivity index (χ4v) is 2.96. The molecule has 0 saturated heterocycles. The van der Waals surface area contributed by atoms with Crippen LogP contribution in [0.3, 0.4) is 0 Å². The van der Waals surface area contributed by atoms with Gasteiger partial charge in [0.1, 0.15) is 5.82 Å². The minimum Gasteiger partial charge on any atom is -0.351 e. The quantitative estimate of drug-likeness (QED) is 0.690. The van der Waals surface area contributed by atoms with Gasteiger partial charge in [0.25, 0.3) is 0 Å². The first-order valence-electron chi connectivity index (χ1n) is 7.69.